The zero-order valence-electron chi connectivity index (χ0n) is 11.4. The van der Waals surface area contributed by atoms with Gasteiger partial charge in [-0.1, -0.05) is 39.4 Å². The highest BCUT2D eigenvalue weighted by Gasteiger charge is 2.26. The fourth-order valence-electron chi connectivity index (χ4n) is 2.08. The lowest BCUT2D eigenvalue weighted by Crippen LogP contribution is -2.29. The smallest absolute Gasteiger partial charge is 0.109 e. The number of hydrogen-bond donors (Lipinski definition) is 0. The Balaban J connectivity index is 2.53. The second kappa shape index (κ2) is 6.85. The second-order valence-electron chi connectivity index (χ2n) is 5.69. The topological polar surface area (TPSA) is 12.4 Å². The van der Waals surface area contributed by atoms with Gasteiger partial charge in [0.25, 0.3) is 0 Å². The van der Waals surface area contributed by atoms with Crippen LogP contribution in [-0.4, -0.2) is 24.7 Å². The number of aliphatic imine (C=N–C) groups is 1. The third kappa shape index (κ3) is 5.53. The van der Waals surface area contributed by atoms with Crippen LogP contribution < -0.4 is 0 Å². The highest BCUT2D eigenvalue weighted by molar-refractivity contribution is 8.29. The molecule has 1 nitrogen and oxygen atoms in total. The first-order valence-electron chi connectivity index (χ1n) is 6.74. The molecule has 0 N–H and O–H groups in total. The zero-order chi connectivity index (χ0) is 12.0. The van der Waals surface area contributed by atoms with Crippen LogP contribution in [0.25, 0.3) is 0 Å². The van der Waals surface area contributed by atoms with Crippen molar-refractivity contribution in [2.45, 2.75) is 70.3 Å². The Hall–Kier alpha value is 0.237. The van der Waals surface area contributed by atoms with Gasteiger partial charge < -0.3 is 0 Å². The van der Waals surface area contributed by atoms with E-state index in [2.05, 4.69) is 37.8 Å². The number of unbranched alkanes of at least 4 members (excludes halogenated alkanes) is 1. The lowest BCUT2D eigenvalue weighted by molar-refractivity contribution is 0.669. The monoisotopic (exact) mass is 257 g/mol. The molecule has 0 radical (unpaired) electrons. The van der Waals surface area contributed by atoms with Crippen molar-refractivity contribution in [1.82, 2.24) is 0 Å². The van der Waals surface area contributed by atoms with E-state index < -0.39 is 7.22 Å². The lowest BCUT2D eigenvalue weighted by Gasteiger charge is -2.29. The fourth-order valence-corrected chi connectivity index (χ4v) is 6.87. The molecule has 94 valence electrons. The summed E-state index contributed by atoms with van der Waals surface area (Å²) < 4.78 is 0. The molecule has 1 unspecified atom stereocenters. The first kappa shape index (κ1) is 14.3. The van der Waals surface area contributed by atoms with Crippen LogP contribution in [0.1, 0.15) is 45.4 Å². The quantitative estimate of drug-likeness (QED) is 0.512. The standard InChI is InChI=1S/C13H27NSSi/c1-5-6-11-14-12-9-7-8-10-13(12)15-16(2,3)4/h13H,5-11H2,1-4H3/b14-12+. The van der Waals surface area contributed by atoms with Crippen molar-refractivity contribution in [3.63, 3.8) is 0 Å². The Morgan fingerprint density at radius 3 is 2.69 bits per heavy atom. The van der Waals surface area contributed by atoms with Crippen LogP contribution in [-0.2, 0) is 0 Å². The summed E-state index contributed by atoms with van der Waals surface area (Å²) in [5.41, 5.74) is 1.53. The molecule has 0 amide bonds. The molecule has 3 heteroatoms. The van der Waals surface area contributed by atoms with Gasteiger partial charge in [0.15, 0.2) is 0 Å². The predicted molar refractivity (Wildman–Crippen MR) is 80.4 cm³/mol. The Morgan fingerprint density at radius 2 is 2.06 bits per heavy atom. The summed E-state index contributed by atoms with van der Waals surface area (Å²) in [4.78, 5) is 4.86. The van der Waals surface area contributed by atoms with Crippen LogP contribution in [0.15, 0.2) is 4.99 Å². The molecule has 1 atom stereocenters. The molecule has 0 bridgehead atoms. The number of hydrogen-bond acceptors (Lipinski definition) is 2. The fraction of sp³-hybridized carbons (Fsp3) is 0.923. The van der Waals surface area contributed by atoms with Crippen LogP contribution in [0.5, 0.6) is 0 Å². The van der Waals surface area contributed by atoms with Gasteiger partial charge in [0.2, 0.25) is 0 Å². The molecule has 0 spiro atoms. The molecular weight excluding hydrogens is 230 g/mol. The molecule has 1 aliphatic carbocycles. The molecule has 0 aromatic rings. The molecule has 0 aliphatic heterocycles. The first-order chi connectivity index (χ1) is 7.53. The molecule has 0 saturated heterocycles. The third-order valence-electron chi connectivity index (χ3n) is 2.84. The number of nitrogens with zero attached hydrogens (tertiary/aromatic N) is 1. The van der Waals surface area contributed by atoms with E-state index in [4.69, 9.17) is 4.99 Å². The lowest BCUT2D eigenvalue weighted by atomic mass is 9.98. The van der Waals surface area contributed by atoms with Crippen molar-refractivity contribution in [3.05, 3.63) is 0 Å². The van der Waals surface area contributed by atoms with E-state index in [-0.39, 0.29) is 0 Å². The van der Waals surface area contributed by atoms with Crippen molar-refractivity contribution in [3.8, 4) is 0 Å². The Bertz CT molecular complexity index is 233. The molecule has 1 saturated carbocycles. The summed E-state index contributed by atoms with van der Waals surface area (Å²) in [5.74, 6) is 0. The zero-order valence-corrected chi connectivity index (χ0v) is 13.2. The van der Waals surface area contributed by atoms with Gasteiger partial charge in [0.05, 0.1) is 0 Å². The maximum atomic E-state index is 4.86. The molecule has 16 heavy (non-hydrogen) atoms. The van der Waals surface area contributed by atoms with Gasteiger partial charge in [0.1, 0.15) is 7.22 Å². The van der Waals surface area contributed by atoms with Gasteiger partial charge in [-0.15, -0.1) is 0 Å². The van der Waals surface area contributed by atoms with Gasteiger partial charge in [0, 0.05) is 17.5 Å². The summed E-state index contributed by atoms with van der Waals surface area (Å²) in [5, 5.41) is 0.761. The maximum Gasteiger partial charge on any atom is 0.109 e. The summed E-state index contributed by atoms with van der Waals surface area (Å²) in [7, 11) is -0.998. The summed E-state index contributed by atoms with van der Waals surface area (Å²) in [6.45, 7) is 10.7. The van der Waals surface area contributed by atoms with Crippen molar-refractivity contribution < 1.29 is 0 Å². The van der Waals surface area contributed by atoms with Crippen LogP contribution in [0.3, 0.4) is 0 Å². The van der Waals surface area contributed by atoms with E-state index in [1.165, 1.54) is 44.2 Å². The van der Waals surface area contributed by atoms with Gasteiger partial charge in [-0.2, -0.15) is 11.2 Å². The minimum atomic E-state index is -0.998. The van der Waals surface area contributed by atoms with E-state index in [0.717, 1.165) is 11.8 Å². The second-order valence-corrected chi connectivity index (χ2v) is 15.1. The Labute approximate surface area is 106 Å². The predicted octanol–water partition coefficient (Wildman–Crippen LogP) is 4.74. The van der Waals surface area contributed by atoms with E-state index >= 15 is 0 Å². The van der Waals surface area contributed by atoms with Crippen LogP contribution in [0.4, 0.5) is 0 Å². The summed E-state index contributed by atoms with van der Waals surface area (Å²) in [6.07, 6.45) is 7.95. The SMILES string of the molecule is CCCC/N=C1\CCCCC1S[Si](C)(C)C. The molecule has 1 rings (SSSR count). The van der Waals surface area contributed by atoms with Crippen LogP contribution >= 0.6 is 11.2 Å². The first-order valence-corrected chi connectivity index (χ1v) is 11.8. The minimum absolute atomic E-state index is 0.761. The van der Waals surface area contributed by atoms with Crippen molar-refractivity contribution in [1.29, 1.82) is 0 Å². The van der Waals surface area contributed by atoms with Crippen LogP contribution in [0.2, 0.25) is 19.6 Å². The molecule has 0 aromatic heterocycles. The van der Waals surface area contributed by atoms with Gasteiger partial charge in [-0.05, 0) is 25.7 Å². The molecule has 1 aliphatic rings. The minimum Gasteiger partial charge on any atom is -0.293 e. The normalized spacial score (nSPS) is 25.0. The van der Waals surface area contributed by atoms with E-state index in [1.54, 1.807) is 0 Å². The third-order valence-corrected chi connectivity index (χ3v) is 7.32. The average Bonchev–Trinajstić information content (AvgIpc) is 2.19. The molecule has 1 fully saturated rings. The van der Waals surface area contributed by atoms with E-state index in [1.807, 2.05) is 0 Å². The van der Waals surface area contributed by atoms with E-state index in [9.17, 15) is 0 Å². The summed E-state index contributed by atoms with van der Waals surface area (Å²) in [6, 6.07) is 0. The molecular formula is C13H27NSSi. The highest BCUT2D eigenvalue weighted by atomic mass is 32.4. The average molecular weight is 258 g/mol. The van der Waals surface area contributed by atoms with Crippen molar-refractivity contribution >= 4 is 24.1 Å². The molecule has 0 heterocycles. The van der Waals surface area contributed by atoms with Crippen molar-refractivity contribution in [2.75, 3.05) is 6.54 Å². The highest BCUT2D eigenvalue weighted by Crippen LogP contribution is 2.33. The largest absolute Gasteiger partial charge is 0.293 e. The van der Waals surface area contributed by atoms with E-state index in [0.29, 0.717) is 0 Å². The maximum absolute atomic E-state index is 4.86. The summed E-state index contributed by atoms with van der Waals surface area (Å²) >= 11 is 2.25. The Morgan fingerprint density at radius 1 is 1.31 bits per heavy atom. The number of rotatable bonds is 5. The van der Waals surface area contributed by atoms with Crippen LogP contribution in [0, 0.1) is 0 Å². The van der Waals surface area contributed by atoms with Gasteiger partial charge in [-0.25, -0.2) is 0 Å². The molecule has 0 aromatic carbocycles. The van der Waals surface area contributed by atoms with Gasteiger partial charge >= 0.3 is 0 Å². The van der Waals surface area contributed by atoms with Crippen molar-refractivity contribution in [2.24, 2.45) is 4.99 Å². The Kier molecular flexibility index (Phi) is 6.12. The van der Waals surface area contributed by atoms with Gasteiger partial charge in [-0.3, -0.25) is 4.99 Å².